The van der Waals surface area contributed by atoms with Gasteiger partial charge in [-0.1, -0.05) is 17.7 Å². The Balaban J connectivity index is 0.00000121. The Labute approximate surface area is 82.0 Å². The number of hydrogen-bond acceptors (Lipinski definition) is 2. The first-order chi connectivity index (χ1) is 5.00. The molecule has 12 heavy (non-hydrogen) atoms. The van der Waals surface area contributed by atoms with Crippen LogP contribution < -0.4 is 0 Å². The van der Waals surface area contributed by atoms with Crippen LogP contribution in [0.4, 0.5) is 0 Å². The second-order valence-corrected chi connectivity index (χ2v) is 3.71. The molecule has 0 aliphatic rings. The number of benzene rings is 1. The molecule has 0 saturated heterocycles. The van der Waals surface area contributed by atoms with Crippen molar-refractivity contribution in [2.45, 2.75) is 11.8 Å². The van der Waals surface area contributed by atoms with Crippen LogP contribution >= 0.6 is 0 Å². The fraction of sp³-hybridized carbons (Fsp3) is 0.143. The Morgan fingerprint density at radius 3 is 1.92 bits per heavy atom. The molecule has 0 saturated carbocycles. The summed E-state index contributed by atoms with van der Waals surface area (Å²) >= 11 is 0. The van der Waals surface area contributed by atoms with Gasteiger partial charge < -0.3 is 0 Å². The van der Waals surface area contributed by atoms with Gasteiger partial charge in [0.2, 0.25) is 0 Å². The van der Waals surface area contributed by atoms with E-state index in [1.807, 2.05) is 6.92 Å². The summed E-state index contributed by atoms with van der Waals surface area (Å²) in [4.78, 5) is -0.0666. The molecule has 1 aromatic rings. The summed E-state index contributed by atoms with van der Waals surface area (Å²) in [6.45, 7) is 1.84. The predicted octanol–water partition coefficient (Wildman–Crippen LogP) is 0.326. The standard InChI is InChI=1S/C7H8O3S.H2Se/c1-6-2-4-7(5-3-6)11(8,9)10;/h2-5H,1H3,(H,8,9,10);1H2. The minimum atomic E-state index is -4.02. The third kappa shape index (κ3) is 2.95. The Morgan fingerprint density at radius 1 is 1.17 bits per heavy atom. The second-order valence-electron chi connectivity index (χ2n) is 2.29. The second kappa shape index (κ2) is 4.05. The first-order valence-corrected chi connectivity index (χ1v) is 4.48. The van der Waals surface area contributed by atoms with Gasteiger partial charge in [0.25, 0.3) is 10.1 Å². The van der Waals surface area contributed by atoms with Crippen molar-refractivity contribution in [3.05, 3.63) is 29.8 Å². The maximum atomic E-state index is 10.5. The van der Waals surface area contributed by atoms with Crippen LogP contribution in [-0.4, -0.2) is 30.0 Å². The van der Waals surface area contributed by atoms with Gasteiger partial charge in [0.1, 0.15) is 0 Å². The van der Waals surface area contributed by atoms with Crippen molar-refractivity contribution in [3.63, 3.8) is 0 Å². The van der Waals surface area contributed by atoms with Gasteiger partial charge in [-0.3, -0.25) is 4.55 Å². The molecule has 0 unspecified atom stereocenters. The molecule has 0 atom stereocenters. The van der Waals surface area contributed by atoms with Crippen molar-refractivity contribution in [2.75, 3.05) is 0 Å². The predicted molar refractivity (Wildman–Crippen MR) is 49.5 cm³/mol. The zero-order valence-electron chi connectivity index (χ0n) is 6.48. The molecule has 0 aliphatic heterocycles. The van der Waals surface area contributed by atoms with E-state index in [-0.39, 0.29) is 22.0 Å². The van der Waals surface area contributed by atoms with Crippen LogP contribution in [0, 0.1) is 6.92 Å². The molecule has 0 aromatic heterocycles. The van der Waals surface area contributed by atoms with Crippen molar-refractivity contribution in [2.24, 2.45) is 0 Å². The molecule has 0 amide bonds. The first kappa shape index (κ1) is 11.6. The zero-order valence-corrected chi connectivity index (χ0v) is 9.40. The van der Waals surface area contributed by atoms with Crippen molar-refractivity contribution >= 4 is 27.2 Å². The average molecular weight is 253 g/mol. The quantitative estimate of drug-likeness (QED) is 0.579. The minimum absolute atomic E-state index is 0. The average Bonchev–Trinajstić information content (AvgIpc) is 1.86. The molecular weight excluding hydrogens is 243 g/mol. The van der Waals surface area contributed by atoms with Gasteiger partial charge in [-0.05, 0) is 19.1 Å². The summed E-state index contributed by atoms with van der Waals surface area (Å²) in [5.74, 6) is 0. The summed E-state index contributed by atoms with van der Waals surface area (Å²) in [6, 6.07) is 5.99. The molecule has 0 bridgehead atoms. The van der Waals surface area contributed by atoms with E-state index < -0.39 is 10.1 Å². The Kier molecular flexibility index (Phi) is 3.93. The van der Waals surface area contributed by atoms with Gasteiger partial charge in [-0.2, -0.15) is 8.42 Å². The Morgan fingerprint density at radius 2 is 1.58 bits per heavy atom. The normalized spacial score (nSPS) is 10.5. The maximum absolute atomic E-state index is 10.5. The van der Waals surface area contributed by atoms with Gasteiger partial charge in [-0.15, -0.1) is 0 Å². The van der Waals surface area contributed by atoms with Gasteiger partial charge in [-0.25, -0.2) is 0 Å². The molecule has 0 heterocycles. The number of hydrogen-bond donors (Lipinski definition) is 1. The summed E-state index contributed by atoms with van der Waals surface area (Å²) in [5, 5.41) is 0. The van der Waals surface area contributed by atoms with Gasteiger partial charge in [0.15, 0.2) is 0 Å². The first-order valence-electron chi connectivity index (χ1n) is 3.04. The topological polar surface area (TPSA) is 54.4 Å². The Hall–Kier alpha value is -0.351. The molecule has 0 radical (unpaired) electrons. The van der Waals surface area contributed by atoms with Crippen molar-refractivity contribution in [3.8, 4) is 0 Å². The van der Waals surface area contributed by atoms with Crippen LogP contribution in [0.5, 0.6) is 0 Å². The number of aryl methyl sites for hydroxylation is 1. The van der Waals surface area contributed by atoms with Crippen LogP contribution in [0.15, 0.2) is 29.2 Å². The number of rotatable bonds is 1. The third-order valence-corrected chi connectivity index (χ3v) is 2.19. The summed E-state index contributed by atoms with van der Waals surface area (Å²) in [6.07, 6.45) is 0. The van der Waals surface area contributed by atoms with E-state index in [0.29, 0.717) is 0 Å². The van der Waals surface area contributed by atoms with Gasteiger partial charge in [0, 0.05) is 0 Å². The molecule has 5 heteroatoms. The monoisotopic (exact) mass is 254 g/mol. The van der Waals surface area contributed by atoms with Gasteiger partial charge >= 0.3 is 17.1 Å². The fourth-order valence-electron chi connectivity index (χ4n) is 0.710. The summed E-state index contributed by atoms with van der Waals surface area (Å²) < 4.78 is 29.6. The fourth-order valence-corrected chi connectivity index (χ4v) is 1.19. The summed E-state index contributed by atoms with van der Waals surface area (Å²) in [7, 11) is -4.02. The molecule has 0 aliphatic carbocycles. The Bertz CT molecular complexity index is 341. The molecule has 0 spiro atoms. The van der Waals surface area contributed by atoms with E-state index in [1.54, 1.807) is 12.1 Å². The third-order valence-electron chi connectivity index (χ3n) is 1.32. The molecule has 1 aromatic carbocycles. The van der Waals surface area contributed by atoms with Crippen LogP contribution in [0.25, 0.3) is 0 Å². The molecule has 0 fully saturated rings. The van der Waals surface area contributed by atoms with Crippen molar-refractivity contribution < 1.29 is 13.0 Å². The van der Waals surface area contributed by atoms with Crippen LogP contribution in [0.2, 0.25) is 0 Å². The van der Waals surface area contributed by atoms with Gasteiger partial charge in [0.05, 0.1) is 4.90 Å². The molecule has 3 nitrogen and oxygen atoms in total. The zero-order chi connectivity index (χ0) is 8.48. The van der Waals surface area contributed by atoms with E-state index in [1.165, 1.54) is 12.1 Å². The van der Waals surface area contributed by atoms with E-state index in [4.69, 9.17) is 4.55 Å². The van der Waals surface area contributed by atoms with Crippen molar-refractivity contribution in [1.82, 2.24) is 0 Å². The van der Waals surface area contributed by atoms with Crippen LogP contribution in [0.1, 0.15) is 5.56 Å². The molecule has 1 N–H and O–H groups in total. The molecule has 68 valence electrons. The van der Waals surface area contributed by atoms with Crippen LogP contribution in [-0.2, 0) is 10.1 Å². The van der Waals surface area contributed by atoms with Crippen molar-refractivity contribution in [1.29, 1.82) is 0 Å². The van der Waals surface area contributed by atoms with E-state index in [0.717, 1.165) is 5.56 Å². The van der Waals surface area contributed by atoms with E-state index >= 15 is 0 Å². The SMILES string of the molecule is Cc1ccc(S(=O)(=O)O)cc1.[SeH2]. The van der Waals surface area contributed by atoms with Crippen LogP contribution in [0.3, 0.4) is 0 Å². The molecule has 1 rings (SSSR count). The summed E-state index contributed by atoms with van der Waals surface area (Å²) in [5.41, 5.74) is 0.956. The molecular formula is C7H10O3SSe. The van der Waals surface area contributed by atoms with E-state index in [9.17, 15) is 8.42 Å². The van der Waals surface area contributed by atoms with E-state index in [2.05, 4.69) is 0 Å².